The molecule has 0 radical (unpaired) electrons. The summed E-state index contributed by atoms with van der Waals surface area (Å²) < 4.78 is 25.8. The Morgan fingerprint density at radius 3 is 2.38 bits per heavy atom. The average Bonchev–Trinajstić information content (AvgIpc) is 2.46. The van der Waals surface area contributed by atoms with E-state index in [4.69, 9.17) is 5.73 Å². The van der Waals surface area contributed by atoms with E-state index < -0.39 is 10.0 Å². The van der Waals surface area contributed by atoms with Crippen molar-refractivity contribution in [3.63, 3.8) is 0 Å². The molecule has 1 amide bonds. The van der Waals surface area contributed by atoms with Crippen LogP contribution >= 0.6 is 0 Å². The molecule has 3 unspecified atom stereocenters. The van der Waals surface area contributed by atoms with Crippen LogP contribution in [0.5, 0.6) is 0 Å². The highest BCUT2D eigenvalue weighted by atomic mass is 32.2. The third-order valence-corrected chi connectivity index (χ3v) is 4.91. The predicted octanol–water partition coefficient (Wildman–Crippen LogP) is 0.755. The molecular weight excluding hydrogens is 290 g/mol. The second kappa shape index (κ2) is 7.02. The van der Waals surface area contributed by atoms with Gasteiger partial charge in [-0.25, -0.2) is 13.1 Å². The highest BCUT2D eigenvalue weighted by Gasteiger charge is 2.20. The number of hydrogen-bond acceptors (Lipinski definition) is 4. The van der Waals surface area contributed by atoms with Gasteiger partial charge in [-0.2, -0.15) is 0 Å². The summed E-state index contributed by atoms with van der Waals surface area (Å²) in [6, 6.07) is 5.94. The minimum Gasteiger partial charge on any atom is -0.349 e. The van der Waals surface area contributed by atoms with Gasteiger partial charge in [0.15, 0.2) is 0 Å². The van der Waals surface area contributed by atoms with E-state index in [1.807, 2.05) is 0 Å². The van der Waals surface area contributed by atoms with Gasteiger partial charge in [-0.05, 0) is 38.6 Å². The second-order valence-corrected chi connectivity index (χ2v) is 7.04. The third kappa shape index (κ3) is 4.52. The number of amides is 1. The molecule has 0 bridgehead atoms. The average molecular weight is 313 g/mol. The maximum absolute atomic E-state index is 12.0. The van der Waals surface area contributed by atoms with Crippen LogP contribution < -0.4 is 15.8 Å². The summed E-state index contributed by atoms with van der Waals surface area (Å²) in [5.74, 6) is -0.462. The van der Waals surface area contributed by atoms with Gasteiger partial charge in [0.1, 0.15) is 0 Å². The molecule has 21 heavy (non-hydrogen) atoms. The van der Waals surface area contributed by atoms with Crippen molar-refractivity contribution in [1.82, 2.24) is 10.0 Å². The van der Waals surface area contributed by atoms with Gasteiger partial charge >= 0.3 is 0 Å². The molecular formula is C14H23N3O3S. The monoisotopic (exact) mass is 313 g/mol. The van der Waals surface area contributed by atoms with Gasteiger partial charge in [0.05, 0.1) is 10.9 Å². The first kappa shape index (κ1) is 17.6. The molecule has 3 atom stereocenters. The molecule has 0 saturated carbocycles. The van der Waals surface area contributed by atoms with E-state index in [0.29, 0.717) is 0 Å². The molecule has 0 saturated heterocycles. The third-order valence-electron chi connectivity index (χ3n) is 3.50. The van der Waals surface area contributed by atoms with Gasteiger partial charge < -0.3 is 11.1 Å². The molecule has 1 aromatic rings. The van der Waals surface area contributed by atoms with Gasteiger partial charge in [-0.15, -0.1) is 0 Å². The van der Waals surface area contributed by atoms with Crippen LogP contribution in [0.3, 0.4) is 0 Å². The maximum atomic E-state index is 12.0. The van der Waals surface area contributed by atoms with Crippen LogP contribution in [-0.4, -0.2) is 27.4 Å². The summed E-state index contributed by atoms with van der Waals surface area (Å²) in [5, 5.41) is 2.84. The zero-order valence-corrected chi connectivity index (χ0v) is 13.6. The van der Waals surface area contributed by atoms with Gasteiger partial charge in [0, 0.05) is 12.0 Å². The number of benzene rings is 1. The Hall–Kier alpha value is -1.44. The first-order chi connectivity index (χ1) is 9.69. The molecule has 0 spiro atoms. The van der Waals surface area contributed by atoms with Gasteiger partial charge in [0.2, 0.25) is 15.9 Å². The summed E-state index contributed by atoms with van der Waals surface area (Å²) in [4.78, 5) is 12.2. The number of carbonyl (C=O) groups is 1. The smallest absolute Gasteiger partial charge is 0.240 e. The lowest BCUT2D eigenvalue weighted by Gasteiger charge is -2.20. The first-order valence-corrected chi connectivity index (χ1v) is 8.26. The fraction of sp³-hybridized carbons (Fsp3) is 0.500. The molecule has 0 aliphatic heterocycles. The highest BCUT2D eigenvalue weighted by Crippen LogP contribution is 2.18. The van der Waals surface area contributed by atoms with E-state index >= 15 is 0 Å². The Balaban J connectivity index is 2.92. The molecule has 1 aromatic carbocycles. The zero-order valence-electron chi connectivity index (χ0n) is 12.8. The van der Waals surface area contributed by atoms with Crippen molar-refractivity contribution in [3.05, 3.63) is 29.8 Å². The lowest BCUT2D eigenvalue weighted by Crippen LogP contribution is -2.39. The van der Waals surface area contributed by atoms with Crippen molar-refractivity contribution < 1.29 is 13.2 Å². The van der Waals surface area contributed by atoms with Crippen LogP contribution in [0.15, 0.2) is 29.2 Å². The minimum atomic E-state index is -3.50. The molecule has 4 N–H and O–H groups in total. The minimum absolute atomic E-state index is 0.153. The normalized spacial score (nSPS) is 16.0. The summed E-state index contributed by atoms with van der Waals surface area (Å²) >= 11 is 0. The number of carbonyl (C=O) groups excluding carboxylic acids is 1. The summed E-state index contributed by atoms with van der Waals surface area (Å²) in [5.41, 5.74) is 6.42. The zero-order chi connectivity index (χ0) is 16.2. The summed E-state index contributed by atoms with van der Waals surface area (Å²) in [6.07, 6.45) is 0. The van der Waals surface area contributed by atoms with Crippen LogP contribution in [0, 0.1) is 5.92 Å². The summed E-state index contributed by atoms with van der Waals surface area (Å²) in [6.45, 7) is 5.33. The molecule has 0 aromatic heterocycles. The molecule has 7 heteroatoms. The van der Waals surface area contributed by atoms with Crippen molar-refractivity contribution in [2.75, 3.05) is 7.05 Å². The molecule has 0 fully saturated rings. The molecule has 1 rings (SSSR count). The van der Waals surface area contributed by atoms with Crippen molar-refractivity contribution in [1.29, 1.82) is 0 Å². The lowest BCUT2D eigenvalue weighted by molar-refractivity contribution is -0.125. The van der Waals surface area contributed by atoms with Crippen LogP contribution in [0.4, 0.5) is 0 Å². The van der Waals surface area contributed by atoms with Gasteiger partial charge in [0.25, 0.3) is 0 Å². The van der Waals surface area contributed by atoms with Crippen LogP contribution in [0.2, 0.25) is 0 Å². The molecule has 0 heterocycles. The second-order valence-electron chi connectivity index (χ2n) is 5.16. The Labute approximate surface area is 126 Å². The quantitative estimate of drug-likeness (QED) is 0.721. The number of hydrogen-bond donors (Lipinski definition) is 3. The highest BCUT2D eigenvalue weighted by molar-refractivity contribution is 7.89. The van der Waals surface area contributed by atoms with E-state index in [-0.39, 0.29) is 28.8 Å². The lowest BCUT2D eigenvalue weighted by atomic mass is 10.0. The number of nitrogens with one attached hydrogen (secondary N) is 2. The van der Waals surface area contributed by atoms with Crippen molar-refractivity contribution >= 4 is 15.9 Å². The SMILES string of the molecule is CNS(=O)(=O)c1cccc(C(C)NC(=O)C(C)C(C)N)c1. The maximum Gasteiger partial charge on any atom is 0.240 e. The Bertz CT molecular complexity index is 599. The van der Waals surface area contributed by atoms with Crippen LogP contribution in [-0.2, 0) is 14.8 Å². The van der Waals surface area contributed by atoms with Crippen molar-refractivity contribution in [2.45, 2.75) is 37.8 Å². The largest absolute Gasteiger partial charge is 0.349 e. The Kier molecular flexibility index (Phi) is 5.88. The van der Waals surface area contributed by atoms with E-state index in [1.54, 1.807) is 39.0 Å². The predicted molar refractivity (Wildman–Crippen MR) is 82.1 cm³/mol. The first-order valence-electron chi connectivity index (χ1n) is 6.78. The molecule has 118 valence electrons. The van der Waals surface area contributed by atoms with Crippen molar-refractivity contribution in [3.8, 4) is 0 Å². The fourth-order valence-electron chi connectivity index (χ4n) is 1.74. The van der Waals surface area contributed by atoms with Crippen LogP contribution in [0.1, 0.15) is 32.4 Å². The van der Waals surface area contributed by atoms with Gasteiger partial charge in [-0.3, -0.25) is 4.79 Å². The number of sulfonamides is 1. The molecule has 6 nitrogen and oxygen atoms in total. The topological polar surface area (TPSA) is 101 Å². The summed E-state index contributed by atoms with van der Waals surface area (Å²) in [7, 11) is -2.14. The fourth-order valence-corrected chi connectivity index (χ4v) is 2.52. The molecule has 0 aliphatic carbocycles. The molecule has 0 aliphatic rings. The van der Waals surface area contributed by atoms with E-state index in [9.17, 15) is 13.2 Å². The standard InChI is InChI=1S/C14H23N3O3S/c1-9(10(2)15)14(18)17-11(3)12-6-5-7-13(8-12)21(19,20)16-4/h5-11,16H,15H2,1-4H3,(H,17,18). The van der Waals surface area contributed by atoms with E-state index in [2.05, 4.69) is 10.0 Å². The number of rotatable bonds is 6. The van der Waals surface area contributed by atoms with Gasteiger partial charge in [-0.1, -0.05) is 19.1 Å². The van der Waals surface area contributed by atoms with Crippen LogP contribution in [0.25, 0.3) is 0 Å². The van der Waals surface area contributed by atoms with E-state index in [1.165, 1.54) is 13.1 Å². The number of nitrogens with two attached hydrogens (primary N) is 1. The Morgan fingerprint density at radius 1 is 1.24 bits per heavy atom. The van der Waals surface area contributed by atoms with Crippen molar-refractivity contribution in [2.24, 2.45) is 11.7 Å². The van der Waals surface area contributed by atoms with E-state index in [0.717, 1.165) is 5.56 Å². The Morgan fingerprint density at radius 2 is 1.86 bits per heavy atom.